The van der Waals surface area contributed by atoms with Crippen molar-refractivity contribution in [2.75, 3.05) is 13.1 Å². The van der Waals surface area contributed by atoms with Crippen LogP contribution in [0.5, 0.6) is 0 Å². The second-order valence-electron chi connectivity index (χ2n) is 5.67. The molecule has 6 nitrogen and oxygen atoms in total. The summed E-state index contributed by atoms with van der Waals surface area (Å²) in [4.78, 5) is 40.4. The van der Waals surface area contributed by atoms with Crippen LogP contribution in [0.4, 0.5) is 0 Å². The Balaban J connectivity index is 1.93. The molecule has 0 aliphatic carbocycles. The number of H-pyrrole nitrogens is 1. The summed E-state index contributed by atoms with van der Waals surface area (Å²) in [6.07, 6.45) is 1.22. The van der Waals surface area contributed by atoms with E-state index in [1.54, 1.807) is 18.2 Å². The second kappa shape index (κ2) is 6.16. The van der Waals surface area contributed by atoms with Crippen molar-refractivity contribution >= 4 is 38.7 Å². The summed E-state index contributed by atoms with van der Waals surface area (Å²) in [5.41, 5.74) is 0.530. The molecule has 1 atom stereocenters. The van der Waals surface area contributed by atoms with Crippen molar-refractivity contribution in [2.24, 2.45) is 5.92 Å². The fraction of sp³-hybridized carbons (Fsp3) is 0.312. The van der Waals surface area contributed by atoms with Crippen LogP contribution in [0.1, 0.15) is 23.3 Å². The van der Waals surface area contributed by atoms with Crippen LogP contribution in [0.2, 0.25) is 0 Å². The molecule has 1 amide bonds. The highest BCUT2D eigenvalue weighted by Gasteiger charge is 2.29. The zero-order chi connectivity index (χ0) is 16.6. The van der Waals surface area contributed by atoms with E-state index in [0.29, 0.717) is 30.3 Å². The van der Waals surface area contributed by atoms with Crippen LogP contribution >= 0.6 is 15.9 Å². The number of amides is 1. The van der Waals surface area contributed by atoms with E-state index in [4.69, 9.17) is 5.11 Å². The molecule has 1 fully saturated rings. The van der Waals surface area contributed by atoms with Crippen LogP contribution in [0.3, 0.4) is 0 Å². The number of carboxylic acid groups (broad SMARTS) is 1. The minimum Gasteiger partial charge on any atom is -0.481 e. The van der Waals surface area contributed by atoms with Gasteiger partial charge < -0.3 is 15.0 Å². The lowest BCUT2D eigenvalue weighted by Crippen LogP contribution is -2.42. The lowest BCUT2D eigenvalue weighted by molar-refractivity contribution is -0.143. The summed E-state index contributed by atoms with van der Waals surface area (Å²) >= 11 is 3.31. The van der Waals surface area contributed by atoms with Gasteiger partial charge in [0.1, 0.15) is 5.69 Å². The number of pyridine rings is 1. The maximum atomic E-state index is 12.6. The molecule has 23 heavy (non-hydrogen) atoms. The van der Waals surface area contributed by atoms with Gasteiger partial charge in [0.25, 0.3) is 5.91 Å². The average molecular weight is 379 g/mol. The van der Waals surface area contributed by atoms with Crippen molar-refractivity contribution in [3.63, 3.8) is 0 Å². The number of benzene rings is 1. The maximum Gasteiger partial charge on any atom is 0.308 e. The van der Waals surface area contributed by atoms with Gasteiger partial charge in [0.15, 0.2) is 5.43 Å². The van der Waals surface area contributed by atoms with Gasteiger partial charge in [-0.2, -0.15) is 0 Å². The number of carbonyl (C=O) groups is 2. The number of piperidine rings is 1. The predicted molar refractivity (Wildman–Crippen MR) is 88.5 cm³/mol. The van der Waals surface area contributed by atoms with Gasteiger partial charge in [-0.05, 0) is 31.0 Å². The molecule has 120 valence electrons. The number of nitrogens with zero attached hydrogens (tertiary/aromatic N) is 1. The third kappa shape index (κ3) is 3.14. The quantitative estimate of drug-likeness (QED) is 0.837. The Labute approximate surface area is 140 Å². The Kier molecular flexibility index (Phi) is 4.21. The topological polar surface area (TPSA) is 90.5 Å². The molecule has 3 rings (SSSR count). The van der Waals surface area contributed by atoms with E-state index < -0.39 is 11.9 Å². The van der Waals surface area contributed by atoms with Crippen molar-refractivity contribution < 1.29 is 14.7 Å². The Morgan fingerprint density at radius 3 is 2.83 bits per heavy atom. The summed E-state index contributed by atoms with van der Waals surface area (Å²) < 4.78 is 0.787. The van der Waals surface area contributed by atoms with Gasteiger partial charge in [0.2, 0.25) is 0 Å². The van der Waals surface area contributed by atoms with E-state index >= 15 is 0 Å². The maximum absolute atomic E-state index is 12.6. The highest BCUT2D eigenvalue weighted by atomic mass is 79.9. The number of carboxylic acids is 1. The van der Waals surface area contributed by atoms with Crippen molar-refractivity contribution in [1.29, 1.82) is 0 Å². The van der Waals surface area contributed by atoms with Crippen LogP contribution in [-0.2, 0) is 4.79 Å². The lowest BCUT2D eigenvalue weighted by atomic mass is 9.98. The fourth-order valence-electron chi connectivity index (χ4n) is 2.87. The lowest BCUT2D eigenvalue weighted by Gasteiger charge is -2.30. The largest absolute Gasteiger partial charge is 0.481 e. The van der Waals surface area contributed by atoms with Gasteiger partial charge in [-0.3, -0.25) is 14.4 Å². The van der Waals surface area contributed by atoms with Crippen molar-refractivity contribution in [2.45, 2.75) is 12.8 Å². The van der Waals surface area contributed by atoms with E-state index in [1.807, 2.05) is 0 Å². The van der Waals surface area contributed by atoms with Crippen molar-refractivity contribution in [1.82, 2.24) is 9.88 Å². The molecule has 0 radical (unpaired) electrons. The van der Waals surface area contributed by atoms with Gasteiger partial charge in [-0.25, -0.2) is 0 Å². The van der Waals surface area contributed by atoms with E-state index in [0.717, 1.165) is 4.47 Å². The zero-order valence-corrected chi connectivity index (χ0v) is 13.8. The predicted octanol–water partition coefficient (Wildman–Crippen LogP) is 2.23. The number of hydrogen-bond donors (Lipinski definition) is 2. The molecule has 1 saturated heterocycles. The highest BCUT2D eigenvalue weighted by Crippen LogP contribution is 2.20. The molecule has 1 aliphatic heterocycles. The van der Waals surface area contributed by atoms with Gasteiger partial charge in [0, 0.05) is 34.5 Å². The van der Waals surface area contributed by atoms with Crippen LogP contribution in [0, 0.1) is 5.92 Å². The minimum atomic E-state index is -0.889. The number of nitrogens with one attached hydrogen (secondary N) is 1. The van der Waals surface area contributed by atoms with Gasteiger partial charge in [-0.15, -0.1) is 0 Å². The Morgan fingerprint density at radius 1 is 1.30 bits per heavy atom. The number of halogens is 1. The van der Waals surface area contributed by atoms with E-state index in [-0.39, 0.29) is 23.6 Å². The molecular formula is C16H15BrN2O4. The number of likely N-dealkylation sites (tertiary alicyclic amines) is 1. The average Bonchev–Trinajstić information content (AvgIpc) is 2.54. The first-order valence-corrected chi connectivity index (χ1v) is 8.09. The van der Waals surface area contributed by atoms with Crippen LogP contribution in [0.25, 0.3) is 10.9 Å². The Morgan fingerprint density at radius 2 is 2.09 bits per heavy atom. The first kappa shape index (κ1) is 15.7. The molecule has 0 unspecified atom stereocenters. The molecule has 0 bridgehead atoms. The molecule has 1 aromatic carbocycles. The summed E-state index contributed by atoms with van der Waals surface area (Å²) in [7, 11) is 0. The highest BCUT2D eigenvalue weighted by molar-refractivity contribution is 9.10. The van der Waals surface area contributed by atoms with E-state index in [2.05, 4.69) is 20.9 Å². The number of aromatic amines is 1. The number of hydrogen-bond acceptors (Lipinski definition) is 3. The molecule has 7 heteroatoms. The van der Waals surface area contributed by atoms with Gasteiger partial charge >= 0.3 is 5.97 Å². The summed E-state index contributed by atoms with van der Waals surface area (Å²) in [5.74, 6) is -1.77. The van der Waals surface area contributed by atoms with Gasteiger partial charge in [0.05, 0.1) is 5.92 Å². The molecule has 0 spiro atoms. The van der Waals surface area contributed by atoms with E-state index in [1.165, 1.54) is 11.0 Å². The first-order chi connectivity index (χ1) is 11.0. The summed E-state index contributed by atoms with van der Waals surface area (Å²) in [6, 6.07) is 6.49. The molecule has 1 aromatic heterocycles. The summed E-state index contributed by atoms with van der Waals surface area (Å²) in [5, 5.41) is 9.62. The SMILES string of the molecule is O=C(O)[C@H]1CCCN(C(=O)c2cc(=O)c3cc(Br)ccc3[nH]2)C1. The Hall–Kier alpha value is -2.15. The molecule has 2 N–H and O–H groups in total. The number of rotatable bonds is 2. The van der Waals surface area contributed by atoms with Crippen molar-refractivity contribution in [3.8, 4) is 0 Å². The first-order valence-electron chi connectivity index (χ1n) is 7.30. The van der Waals surface area contributed by atoms with Crippen LogP contribution in [0.15, 0.2) is 33.5 Å². The van der Waals surface area contributed by atoms with Crippen molar-refractivity contribution in [3.05, 3.63) is 44.7 Å². The zero-order valence-electron chi connectivity index (χ0n) is 12.2. The van der Waals surface area contributed by atoms with Crippen LogP contribution in [-0.4, -0.2) is 40.0 Å². The number of fused-ring (bicyclic) bond motifs is 1. The van der Waals surface area contributed by atoms with Gasteiger partial charge in [-0.1, -0.05) is 15.9 Å². The normalized spacial score (nSPS) is 18.1. The Bertz CT molecular complexity index is 846. The van der Waals surface area contributed by atoms with E-state index in [9.17, 15) is 14.4 Å². The monoisotopic (exact) mass is 378 g/mol. The minimum absolute atomic E-state index is 0.175. The number of aromatic nitrogens is 1. The fourth-order valence-corrected chi connectivity index (χ4v) is 3.23. The molecule has 2 heterocycles. The molecule has 0 saturated carbocycles. The smallest absolute Gasteiger partial charge is 0.308 e. The second-order valence-corrected chi connectivity index (χ2v) is 6.58. The third-order valence-corrected chi connectivity index (χ3v) is 4.57. The number of carbonyl (C=O) groups excluding carboxylic acids is 1. The molecule has 1 aliphatic rings. The van der Waals surface area contributed by atoms with Crippen LogP contribution < -0.4 is 5.43 Å². The molecule has 2 aromatic rings. The third-order valence-electron chi connectivity index (χ3n) is 4.08. The number of aliphatic carboxylic acids is 1. The standard InChI is InChI=1S/C16H15BrN2O4/c17-10-3-4-12-11(6-10)14(20)7-13(18-12)15(21)19-5-1-2-9(8-19)16(22)23/h3-4,6-7,9H,1-2,5,8H2,(H,18,20)(H,22,23)/t9-/m0/s1. The summed E-state index contributed by atoms with van der Waals surface area (Å²) in [6.45, 7) is 0.678. The molecular weight excluding hydrogens is 364 g/mol.